The zero-order chi connectivity index (χ0) is 18.4. The molecule has 26 heavy (non-hydrogen) atoms. The number of amides is 2. The number of aryl methyl sites for hydroxylation is 1. The summed E-state index contributed by atoms with van der Waals surface area (Å²) >= 11 is 1.44. The Balaban J connectivity index is 1.42. The Morgan fingerprint density at radius 2 is 1.85 bits per heavy atom. The fourth-order valence-corrected chi connectivity index (χ4v) is 3.42. The Morgan fingerprint density at radius 1 is 1.12 bits per heavy atom. The maximum atomic E-state index is 12.3. The maximum Gasteiger partial charge on any atom is 0.264 e. The molecule has 1 saturated heterocycles. The normalized spacial score (nSPS) is 14.7. The van der Waals surface area contributed by atoms with Crippen LogP contribution in [0.3, 0.4) is 0 Å². The van der Waals surface area contributed by atoms with Crippen LogP contribution in [-0.2, 0) is 9.63 Å². The van der Waals surface area contributed by atoms with Gasteiger partial charge < -0.3 is 14.6 Å². The number of hydrogen-bond acceptors (Lipinski definition) is 5. The first-order valence-corrected chi connectivity index (χ1v) is 9.34. The van der Waals surface area contributed by atoms with Gasteiger partial charge in [-0.1, -0.05) is 35.5 Å². The maximum absolute atomic E-state index is 12.3. The molecule has 0 N–H and O–H groups in total. The van der Waals surface area contributed by atoms with E-state index >= 15 is 0 Å². The van der Waals surface area contributed by atoms with Gasteiger partial charge in [-0.3, -0.25) is 9.59 Å². The number of oxime groups is 1. The first-order chi connectivity index (χ1) is 12.6. The summed E-state index contributed by atoms with van der Waals surface area (Å²) in [4.78, 5) is 33.9. The monoisotopic (exact) mass is 371 g/mol. The lowest BCUT2D eigenvalue weighted by atomic mass is 10.1. The number of hydrogen-bond donors (Lipinski definition) is 0. The molecule has 0 unspecified atom stereocenters. The van der Waals surface area contributed by atoms with Crippen LogP contribution >= 0.6 is 11.3 Å². The molecule has 1 aromatic carbocycles. The van der Waals surface area contributed by atoms with Crippen molar-refractivity contribution in [3.63, 3.8) is 0 Å². The molecule has 136 valence electrons. The molecule has 0 radical (unpaired) electrons. The molecular formula is C19H21N3O3S. The second-order valence-corrected chi connectivity index (χ2v) is 6.96. The number of carbonyl (C=O) groups is 2. The first-order valence-electron chi connectivity index (χ1n) is 8.46. The van der Waals surface area contributed by atoms with Gasteiger partial charge in [0.2, 0.25) is 0 Å². The summed E-state index contributed by atoms with van der Waals surface area (Å²) in [5, 5.41) is 5.77. The van der Waals surface area contributed by atoms with Gasteiger partial charge in [0.1, 0.15) is 0 Å². The minimum atomic E-state index is -0.116. The van der Waals surface area contributed by atoms with E-state index in [2.05, 4.69) is 5.16 Å². The second-order valence-electron chi connectivity index (χ2n) is 6.01. The van der Waals surface area contributed by atoms with Crippen molar-refractivity contribution in [1.82, 2.24) is 9.80 Å². The minimum Gasteiger partial charge on any atom is -0.386 e. The van der Waals surface area contributed by atoms with Gasteiger partial charge in [-0.25, -0.2) is 0 Å². The van der Waals surface area contributed by atoms with E-state index in [0.717, 1.165) is 16.0 Å². The molecule has 0 bridgehead atoms. The zero-order valence-corrected chi connectivity index (χ0v) is 15.4. The number of nitrogens with zero attached hydrogens (tertiary/aromatic N) is 3. The SMILES string of the molecule is Cc1ccccc1/C=N\OCC(=O)N1CCN(C(=O)c2cccs2)CC1. The first kappa shape index (κ1) is 18.1. The van der Waals surface area contributed by atoms with Gasteiger partial charge in [-0.05, 0) is 29.5 Å². The van der Waals surface area contributed by atoms with Crippen molar-refractivity contribution in [2.75, 3.05) is 32.8 Å². The van der Waals surface area contributed by atoms with Crippen LogP contribution in [0, 0.1) is 6.92 Å². The van der Waals surface area contributed by atoms with E-state index in [0.29, 0.717) is 26.2 Å². The van der Waals surface area contributed by atoms with Crippen LogP contribution in [0.15, 0.2) is 46.9 Å². The highest BCUT2D eigenvalue weighted by Gasteiger charge is 2.25. The summed E-state index contributed by atoms with van der Waals surface area (Å²) in [6.45, 7) is 4.00. The molecule has 6 nitrogen and oxygen atoms in total. The van der Waals surface area contributed by atoms with Crippen LogP contribution in [0.2, 0.25) is 0 Å². The van der Waals surface area contributed by atoms with E-state index in [1.165, 1.54) is 11.3 Å². The summed E-state index contributed by atoms with van der Waals surface area (Å²) in [7, 11) is 0. The van der Waals surface area contributed by atoms with Crippen molar-refractivity contribution >= 4 is 29.4 Å². The van der Waals surface area contributed by atoms with Gasteiger partial charge in [-0.2, -0.15) is 0 Å². The van der Waals surface area contributed by atoms with Crippen LogP contribution in [0.4, 0.5) is 0 Å². The van der Waals surface area contributed by atoms with Gasteiger partial charge >= 0.3 is 0 Å². The van der Waals surface area contributed by atoms with Gasteiger partial charge in [-0.15, -0.1) is 11.3 Å². The average Bonchev–Trinajstić information content (AvgIpc) is 3.20. The van der Waals surface area contributed by atoms with Crippen molar-refractivity contribution in [3.8, 4) is 0 Å². The van der Waals surface area contributed by atoms with E-state index < -0.39 is 0 Å². The molecule has 0 saturated carbocycles. The quantitative estimate of drug-likeness (QED) is 0.599. The fourth-order valence-electron chi connectivity index (χ4n) is 2.72. The van der Waals surface area contributed by atoms with Gasteiger partial charge in [0.25, 0.3) is 11.8 Å². The van der Waals surface area contributed by atoms with E-state index in [1.54, 1.807) is 16.0 Å². The van der Waals surface area contributed by atoms with Crippen LogP contribution in [0.5, 0.6) is 0 Å². The molecule has 1 aromatic heterocycles. The number of carbonyl (C=O) groups excluding carboxylic acids is 2. The fraction of sp³-hybridized carbons (Fsp3) is 0.316. The van der Waals surface area contributed by atoms with Crippen molar-refractivity contribution in [1.29, 1.82) is 0 Å². The minimum absolute atomic E-state index is 0.0335. The topological polar surface area (TPSA) is 62.2 Å². The largest absolute Gasteiger partial charge is 0.386 e. The Labute approximate surface area is 156 Å². The van der Waals surface area contributed by atoms with Crippen LogP contribution in [-0.4, -0.2) is 60.6 Å². The van der Waals surface area contributed by atoms with E-state index in [1.807, 2.05) is 48.7 Å². The molecule has 1 aliphatic heterocycles. The van der Waals surface area contributed by atoms with Gasteiger partial charge in [0.15, 0.2) is 6.61 Å². The number of piperazine rings is 1. The van der Waals surface area contributed by atoms with Crippen molar-refractivity contribution < 1.29 is 14.4 Å². The third kappa shape index (κ3) is 4.49. The Hall–Kier alpha value is -2.67. The van der Waals surface area contributed by atoms with Crippen LogP contribution in [0.25, 0.3) is 0 Å². The number of rotatable bonds is 5. The molecule has 2 amide bonds. The third-order valence-corrected chi connectivity index (χ3v) is 5.15. The summed E-state index contributed by atoms with van der Waals surface area (Å²) in [6.07, 6.45) is 1.61. The summed E-state index contributed by atoms with van der Waals surface area (Å²) in [5.41, 5.74) is 2.05. The Morgan fingerprint density at radius 3 is 2.54 bits per heavy atom. The van der Waals surface area contributed by atoms with Crippen LogP contribution in [0.1, 0.15) is 20.8 Å². The molecule has 0 spiro atoms. The zero-order valence-electron chi connectivity index (χ0n) is 14.6. The van der Waals surface area contributed by atoms with E-state index in [9.17, 15) is 9.59 Å². The lowest BCUT2D eigenvalue weighted by Crippen LogP contribution is -2.51. The molecule has 3 rings (SSSR count). The molecule has 2 aromatic rings. The lowest BCUT2D eigenvalue weighted by Gasteiger charge is -2.34. The highest BCUT2D eigenvalue weighted by molar-refractivity contribution is 7.12. The smallest absolute Gasteiger partial charge is 0.264 e. The highest BCUT2D eigenvalue weighted by atomic mass is 32.1. The standard InChI is InChI=1S/C19H21N3O3S/c1-15-5-2-3-6-16(15)13-20-25-14-18(23)21-8-10-22(11-9-21)19(24)17-7-4-12-26-17/h2-7,12-13H,8-11,14H2,1H3/b20-13-. The summed E-state index contributed by atoms with van der Waals surface area (Å²) < 4.78 is 0. The third-order valence-electron chi connectivity index (χ3n) is 4.29. The molecule has 2 heterocycles. The predicted molar refractivity (Wildman–Crippen MR) is 102 cm³/mol. The predicted octanol–water partition coefficient (Wildman–Crippen LogP) is 2.39. The van der Waals surface area contributed by atoms with Crippen molar-refractivity contribution in [3.05, 3.63) is 57.8 Å². The van der Waals surface area contributed by atoms with Crippen molar-refractivity contribution in [2.24, 2.45) is 5.16 Å². The van der Waals surface area contributed by atoms with Crippen LogP contribution < -0.4 is 0 Å². The number of benzene rings is 1. The lowest BCUT2D eigenvalue weighted by molar-refractivity contribution is -0.137. The van der Waals surface area contributed by atoms with Crippen molar-refractivity contribution in [2.45, 2.75) is 6.92 Å². The molecule has 1 aliphatic rings. The Bertz CT molecular complexity index is 781. The molecule has 7 heteroatoms. The number of thiophene rings is 1. The average molecular weight is 371 g/mol. The summed E-state index contributed by atoms with van der Waals surface area (Å²) in [5.74, 6) is -0.0821. The molecule has 1 fully saturated rings. The molecule has 0 aliphatic carbocycles. The van der Waals surface area contributed by atoms with Gasteiger partial charge in [0, 0.05) is 26.2 Å². The molecule has 0 atom stereocenters. The second kappa shape index (κ2) is 8.62. The van der Waals surface area contributed by atoms with Gasteiger partial charge in [0.05, 0.1) is 11.1 Å². The highest BCUT2D eigenvalue weighted by Crippen LogP contribution is 2.14. The van der Waals surface area contributed by atoms with E-state index in [-0.39, 0.29) is 18.4 Å². The molecular weight excluding hydrogens is 350 g/mol. The van der Waals surface area contributed by atoms with E-state index in [4.69, 9.17) is 4.84 Å². The summed E-state index contributed by atoms with van der Waals surface area (Å²) in [6, 6.07) is 11.5. The Kier molecular flexibility index (Phi) is 6.01.